The predicted molar refractivity (Wildman–Crippen MR) is 143 cm³/mol. The fourth-order valence-corrected chi connectivity index (χ4v) is 7.44. The van der Waals surface area contributed by atoms with Crippen molar-refractivity contribution in [3.8, 4) is 0 Å². The van der Waals surface area contributed by atoms with Crippen LogP contribution in [0.3, 0.4) is 0 Å². The third-order valence-electron chi connectivity index (χ3n) is 8.17. The third-order valence-corrected chi connectivity index (χ3v) is 9.35. The summed E-state index contributed by atoms with van der Waals surface area (Å²) in [4.78, 5) is 30.7. The van der Waals surface area contributed by atoms with Crippen LogP contribution in [0.2, 0.25) is 0 Å². The zero-order chi connectivity index (χ0) is 23.6. The molecule has 6 rings (SSSR count). The van der Waals surface area contributed by atoms with Crippen LogP contribution in [0.25, 0.3) is 10.2 Å². The summed E-state index contributed by atoms with van der Waals surface area (Å²) in [6, 6.07) is 10.6. The van der Waals surface area contributed by atoms with Gasteiger partial charge in [0.25, 0.3) is 0 Å². The molecule has 1 saturated carbocycles. The van der Waals surface area contributed by atoms with E-state index in [0.717, 1.165) is 69.9 Å². The number of anilines is 1. The first kappa shape index (κ1) is 23.0. The van der Waals surface area contributed by atoms with E-state index in [4.69, 9.17) is 9.97 Å². The van der Waals surface area contributed by atoms with E-state index in [-0.39, 0.29) is 5.92 Å². The van der Waals surface area contributed by atoms with Crippen LogP contribution in [-0.2, 0) is 30.5 Å². The number of piperazine rings is 1. The summed E-state index contributed by atoms with van der Waals surface area (Å²) in [5.74, 6) is 2.74. The molecule has 0 radical (unpaired) electrons. The van der Waals surface area contributed by atoms with Crippen molar-refractivity contribution in [1.29, 1.82) is 0 Å². The molecule has 35 heavy (non-hydrogen) atoms. The number of amides is 1. The van der Waals surface area contributed by atoms with Crippen molar-refractivity contribution in [3.05, 3.63) is 52.2 Å². The maximum absolute atomic E-state index is 13.1. The van der Waals surface area contributed by atoms with Crippen molar-refractivity contribution in [2.45, 2.75) is 70.6 Å². The summed E-state index contributed by atoms with van der Waals surface area (Å²) in [6.07, 6.45) is 12.6. The van der Waals surface area contributed by atoms with Crippen molar-refractivity contribution in [2.24, 2.45) is 5.92 Å². The van der Waals surface area contributed by atoms with E-state index in [9.17, 15) is 4.79 Å². The molecule has 1 amide bonds. The van der Waals surface area contributed by atoms with Gasteiger partial charge in [0, 0.05) is 43.4 Å². The minimum Gasteiger partial charge on any atom is -0.352 e. The molecular formula is C29H36N4OS. The molecule has 2 fully saturated rings. The van der Waals surface area contributed by atoms with E-state index in [1.807, 2.05) is 11.3 Å². The molecule has 2 aromatic heterocycles. The van der Waals surface area contributed by atoms with Crippen LogP contribution in [0, 0.1) is 5.92 Å². The molecule has 184 valence electrons. The molecule has 3 aromatic rings. The minimum atomic E-state index is 0.259. The van der Waals surface area contributed by atoms with Gasteiger partial charge < -0.3 is 9.80 Å². The quantitative estimate of drug-likeness (QED) is 0.470. The van der Waals surface area contributed by atoms with Crippen molar-refractivity contribution in [3.63, 3.8) is 0 Å². The summed E-state index contributed by atoms with van der Waals surface area (Å²) in [6.45, 7) is 3.36. The Morgan fingerprint density at radius 1 is 0.886 bits per heavy atom. The largest absolute Gasteiger partial charge is 0.352 e. The summed E-state index contributed by atoms with van der Waals surface area (Å²) in [5, 5.41) is 1.31. The number of carbonyl (C=O) groups is 1. The Kier molecular flexibility index (Phi) is 6.73. The summed E-state index contributed by atoms with van der Waals surface area (Å²) in [5.41, 5.74) is 2.83. The van der Waals surface area contributed by atoms with Crippen molar-refractivity contribution >= 4 is 33.3 Å². The lowest BCUT2D eigenvalue weighted by Gasteiger charge is -2.38. The van der Waals surface area contributed by atoms with Crippen LogP contribution in [0.5, 0.6) is 0 Å². The molecule has 1 saturated heterocycles. The standard InChI is InChI=1S/C29H36N4OS/c34-29(22-11-5-2-6-12-22)33-19-17-32(18-20-33)27-26-23-13-7-8-14-24(23)35-28(26)31-25(30-27)16-15-21-9-3-1-4-10-21/h1,3-4,9-10,22H,2,5-8,11-20H2. The molecule has 1 aromatic carbocycles. The van der Waals surface area contributed by atoms with E-state index in [1.54, 1.807) is 0 Å². The Morgan fingerprint density at radius 3 is 2.46 bits per heavy atom. The van der Waals surface area contributed by atoms with Gasteiger partial charge in [0.1, 0.15) is 16.5 Å². The predicted octanol–water partition coefficient (Wildman–Crippen LogP) is 5.58. The third kappa shape index (κ3) is 4.82. The average Bonchev–Trinajstić information content (AvgIpc) is 3.31. The lowest BCUT2D eigenvalue weighted by atomic mass is 9.88. The molecule has 0 unspecified atom stereocenters. The van der Waals surface area contributed by atoms with Gasteiger partial charge in [0.05, 0.1) is 5.39 Å². The van der Waals surface area contributed by atoms with Gasteiger partial charge >= 0.3 is 0 Å². The molecule has 3 heterocycles. The van der Waals surface area contributed by atoms with Crippen LogP contribution < -0.4 is 4.90 Å². The molecule has 0 spiro atoms. The van der Waals surface area contributed by atoms with Crippen molar-refractivity contribution in [2.75, 3.05) is 31.1 Å². The number of hydrogen-bond donors (Lipinski definition) is 0. The smallest absolute Gasteiger partial charge is 0.225 e. The molecule has 0 bridgehead atoms. The molecule has 0 N–H and O–H groups in total. The van der Waals surface area contributed by atoms with Crippen molar-refractivity contribution in [1.82, 2.24) is 14.9 Å². The van der Waals surface area contributed by atoms with Crippen molar-refractivity contribution < 1.29 is 4.79 Å². The van der Waals surface area contributed by atoms with E-state index in [0.29, 0.717) is 5.91 Å². The number of aromatic nitrogens is 2. The van der Waals surface area contributed by atoms with Crippen LogP contribution in [0.15, 0.2) is 30.3 Å². The SMILES string of the molecule is O=C(C1CCCCC1)N1CCN(c2nc(CCc3ccccc3)nc3sc4c(c23)CCCC4)CC1. The van der Waals surface area contributed by atoms with Crippen LogP contribution in [-0.4, -0.2) is 47.0 Å². The maximum Gasteiger partial charge on any atom is 0.225 e. The zero-order valence-corrected chi connectivity index (χ0v) is 21.5. The van der Waals surface area contributed by atoms with Gasteiger partial charge in [-0.25, -0.2) is 9.97 Å². The van der Waals surface area contributed by atoms with Gasteiger partial charge in [0.15, 0.2) is 0 Å². The Balaban J connectivity index is 1.25. The summed E-state index contributed by atoms with van der Waals surface area (Å²) < 4.78 is 0. The topological polar surface area (TPSA) is 49.3 Å². The first-order valence-electron chi connectivity index (χ1n) is 13.6. The second-order valence-corrected chi connectivity index (χ2v) is 11.6. The van der Waals surface area contributed by atoms with Gasteiger partial charge in [0.2, 0.25) is 5.91 Å². The highest BCUT2D eigenvalue weighted by Crippen LogP contribution is 2.40. The second-order valence-electron chi connectivity index (χ2n) is 10.5. The lowest BCUT2D eigenvalue weighted by molar-refractivity contribution is -0.136. The number of nitrogens with zero attached hydrogens (tertiary/aromatic N) is 4. The molecule has 5 nitrogen and oxygen atoms in total. The Hall–Kier alpha value is -2.47. The Bertz CT molecular complexity index is 1180. The number of rotatable bonds is 5. The number of carbonyl (C=O) groups excluding carboxylic acids is 1. The Labute approximate surface area is 212 Å². The number of aryl methyl sites for hydroxylation is 4. The number of benzene rings is 1. The number of thiophene rings is 1. The van der Waals surface area contributed by atoms with Crippen LogP contribution in [0.4, 0.5) is 5.82 Å². The Morgan fingerprint density at radius 2 is 1.66 bits per heavy atom. The summed E-state index contributed by atoms with van der Waals surface area (Å²) in [7, 11) is 0. The highest BCUT2D eigenvalue weighted by atomic mass is 32.1. The van der Waals surface area contributed by atoms with Gasteiger partial charge in [-0.05, 0) is 56.1 Å². The number of fused-ring (bicyclic) bond motifs is 3. The van der Waals surface area contributed by atoms with E-state index < -0.39 is 0 Å². The fraction of sp³-hybridized carbons (Fsp3) is 0.552. The first-order valence-corrected chi connectivity index (χ1v) is 14.5. The van der Waals surface area contributed by atoms with Crippen LogP contribution >= 0.6 is 11.3 Å². The number of hydrogen-bond acceptors (Lipinski definition) is 5. The van der Waals surface area contributed by atoms with Gasteiger partial charge in [-0.1, -0.05) is 49.6 Å². The molecule has 0 atom stereocenters. The first-order chi connectivity index (χ1) is 17.3. The minimum absolute atomic E-state index is 0.259. The molecule has 6 heteroatoms. The lowest BCUT2D eigenvalue weighted by Crippen LogP contribution is -2.51. The van der Waals surface area contributed by atoms with Gasteiger partial charge in [-0.15, -0.1) is 11.3 Å². The van der Waals surface area contributed by atoms with Gasteiger partial charge in [-0.3, -0.25) is 4.79 Å². The van der Waals surface area contributed by atoms with E-state index in [2.05, 4.69) is 40.1 Å². The van der Waals surface area contributed by atoms with E-state index >= 15 is 0 Å². The average molecular weight is 489 g/mol. The molecule has 1 aliphatic heterocycles. The molecule has 2 aliphatic carbocycles. The fourth-order valence-electron chi connectivity index (χ4n) is 6.17. The van der Waals surface area contributed by atoms with E-state index in [1.165, 1.54) is 64.7 Å². The molecule has 3 aliphatic rings. The highest BCUT2D eigenvalue weighted by molar-refractivity contribution is 7.19. The highest BCUT2D eigenvalue weighted by Gasteiger charge is 2.30. The molecular weight excluding hydrogens is 452 g/mol. The summed E-state index contributed by atoms with van der Waals surface area (Å²) >= 11 is 1.90. The van der Waals surface area contributed by atoms with Gasteiger partial charge in [-0.2, -0.15) is 0 Å². The monoisotopic (exact) mass is 488 g/mol. The zero-order valence-electron chi connectivity index (χ0n) is 20.7. The van der Waals surface area contributed by atoms with Crippen LogP contribution in [0.1, 0.15) is 66.8 Å². The normalized spacial score (nSPS) is 19.2. The second kappa shape index (κ2) is 10.3. The maximum atomic E-state index is 13.1.